The lowest BCUT2D eigenvalue weighted by Gasteiger charge is -2.14. The number of carbonyl (C=O) groups is 2. The molecule has 0 radical (unpaired) electrons. The van der Waals surface area contributed by atoms with Gasteiger partial charge in [-0.25, -0.2) is 0 Å². The summed E-state index contributed by atoms with van der Waals surface area (Å²) in [6.45, 7) is -0.444. The lowest BCUT2D eigenvalue weighted by molar-refractivity contribution is -0.138. The number of nitrogens with zero attached hydrogens (tertiary/aromatic N) is 1. The smallest absolute Gasteiger partial charge is 0.335 e. The second kappa shape index (κ2) is 6.25. The number of para-hydroxylation sites is 1. The second-order valence-corrected chi connectivity index (χ2v) is 3.86. The number of nitrogens with one attached hydrogen (secondary N) is 2. The Bertz CT molecular complexity index is 581. The van der Waals surface area contributed by atoms with Crippen LogP contribution in [0.4, 0.5) is 18.9 Å². The predicted molar refractivity (Wildman–Crippen MR) is 63.7 cm³/mol. The van der Waals surface area contributed by atoms with E-state index in [1.165, 1.54) is 0 Å². The van der Waals surface area contributed by atoms with Gasteiger partial charge >= 0.3 is 18.0 Å². The normalized spacial score (nSPS) is 10.6. The third-order valence-electron chi connectivity index (χ3n) is 2.09. The van der Waals surface area contributed by atoms with Crippen molar-refractivity contribution in [3.63, 3.8) is 0 Å². The Hall–Kier alpha value is -2.27. The maximum absolute atomic E-state index is 12.7. The average Bonchev–Trinajstić information content (AvgIpc) is 2.36. The number of carbonyl (C=O) groups excluding carboxylic acids is 2. The monoisotopic (exact) mass is 305 g/mol. The Morgan fingerprint density at radius 3 is 2.50 bits per heavy atom. The fourth-order valence-electron chi connectivity index (χ4n) is 1.26. The van der Waals surface area contributed by atoms with Gasteiger partial charge in [0.05, 0.1) is 22.3 Å². The summed E-state index contributed by atoms with van der Waals surface area (Å²) in [6, 6.07) is 4.47. The van der Waals surface area contributed by atoms with Crippen LogP contribution in [-0.2, 0) is 15.8 Å². The van der Waals surface area contributed by atoms with Gasteiger partial charge in [-0.1, -0.05) is 17.7 Å². The Morgan fingerprint density at radius 1 is 1.30 bits per heavy atom. The summed E-state index contributed by atoms with van der Waals surface area (Å²) in [5, 5.41) is 11.5. The van der Waals surface area contributed by atoms with E-state index < -0.39 is 35.8 Å². The molecular weight excluding hydrogens is 299 g/mol. The van der Waals surface area contributed by atoms with Gasteiger partial charge in [0.2, 0.25) is 0 Å². The third-order valence-corrected chi connectivity index (χ3v) is 2.41. The van der Waals surface area contributed by atoms with E-state index in [0.29, 0.717) is 6.07 Å². The SMILES string of the molecule is N#CCNC(=O)C(=O)Nc1c(Cl)cccc1C(F)(F)F. The molecule has 0 aliphatic heterocycles. The number of benzene rings is 1. The minimum atomic E-state index is -4.74. The van der Waals surface area contributed by atoms with Crippen LogP contribution >= 0.6 is 11.6 Å². The first-order chi connectivity index (χ1) is 9.27. The van der Waals surface area contributed by atoms with Crippen molar-refractivity contribution in [2.24, 2.45) is 0 Å². The molecule has 0 heterocycles. The molecule has 0 aromatic heterocycles. The van der Waals surface area contributed by atoms with E-state index in [0.717, 1.165) is 12.1 Å². The maximum atomic E-state index is 12.7. The molecule has 0 atom stereocenters. The van der Waals surface area contributed by atoms with Crippen molar-refractivity contribution in [2.45, 2.75) is 6.18 Å². The van der Waals surface area contributed by atoms with Crippen LogP contribution in [0.15, 0.2) is 18.2 Å². The third kappa shape index (κ3) is 3.86. The molecule has 20 heavy (non-hydrogen) atoms. The molecule has 0 aliphatic carbocycles. The molecule has 106 valence electrons. The number of anilines is 1. The van der Waals surface area contributed by atoms with Gasteiger partial charge in [-0.15, -0.1) is 0 Å². The first kappa shape index (κ1) is 15.8. The lowest BCUT2D eigenvalue weighted by Crippen LogP contribution is -2.36. The molecule has 5 nitrogen and oxygen atoms in total. The molecule has 2 N–H and O–H groups in total. The van der Waals surface area contributed by atoms with Crippen molar-refractivity contribution in [3.8, 4) is 6.07 Å². The van der Waals surface area contributed by atoms with Crippen molar-refractivity contribution < 1.29 is 22.8 Å². The van der Waals surface area contributed by atoms with Gasteiger partial charge in [0.25, 0.3) is 0 Å². The lowest BCUT2D eigenvalue weighted by atomic mass is 10.1. The van der Waals surface area contributed by atoms with Crippen molar-refractivity contribution in [3.05, 3.63) is 28.8 Å². The maximum Gasteiger partial charge on any atom is 0.418 e. The van der Waals surface area contributed by atoms with E-state index in [-0.39, 0.29) is 5.02 Å². The van der Waals surface area contributed by atoms with Crippen molar-refractivity contribution in [1.82, 2.24) is 5.32 Å². The van der Waals surface area contributed by atoms with Crippen molar-refractivity contribution in [1.29, 1.82) is 5.26 Å². The van der Waals surface area contributed by atoms with Crippen LogP contribution < -0.4 is 10.6 Å². The topological polar surface area (TPSA) is 82.0 Å². The summed E-state index contributed by atoms with van der Waals surface area (Å²) in [6.07, 6.45) is -4.74. The van der Waals surface area contributed by atoms with E-state index in [9.17, 15) is 22.8 Å². The molecule has 0 saturated heterocycles. The summed E-state index contributed by atoms with van der Waals surface area (Å²) in [7, 11) is 0. The molecule has 0 aliphatic rings. The fraction of sp³-hybridized carbons (Fsp3) is 0.182. The molecule has 0 saturated carbocycles. The van der Waals surface area contributed by atoms with Crippen molar-refractivity contribution >= 4 is 29.1 Å². The van der Waals surface area contributed by atoms with E-state index >= 15 is 0 Å². The Morgan fingerprint density at radius 2 is 1.95 bits per heavy atom. The van der Waals surface area contributed by atoms with Crippen LogP contribution in [0.2, 0.25) is 5.02 Å². The van der Waals surface area contributed by atoms with Gasteiger partial charge in [-0.2, -0.15) is 18.4 Å². The summed E-state index contributed by atoms with van der Waals surface area (Å²) in [5.74, 6) is -2.58. The molecule has 2 amide bonds. The first-order valence-electron chi connectivity index (χ1n) is 5.09. The Kier molecular flexibility index (Phi) is 4.94. The van der Waals surface area contributed by atoms with Gasteiger partial charge in [-0.05, 0) is 12.1 Å². The highest BCUT2D eigenvalue weighted by atomic mass is 35.5. The highest BCUT2D eigenvalue weighted by Gasteiger charge is 2.35. The van der Waals surface area contributed by atoms with Gasteiger partial charge < -0.3 is 10.6 Å². The van der Waals surface area contributed by atoms with Crippen LogP contribution in [0.25, 0.3) is 0 Å². The van der Waals surface area contributed by atoms with Crippen molar-refractivity contribution in [2.75, 3.05) is 11.9 Å². The summed E-state index contributed by atoms with van der Waals surface area (Å²) in [4.78, 5) is 22.6. The molecular formula is C11H7ClF3N3O2. The molecule has 0 spiro atoms. The first-order valence-corrected chi connectivity index (χ1v) is 5.47. The van der Waals surface area contributed by atoms with E-state index in [1.54, 1.807) is 11.4 Å². The van der Waals surface area contributed by atoms with Gasteiger partial charge in [0.1, 0.15) is 6.54 Å². The highest BCUT2D eigenvalue weighted by molar-refractivity contribution is 6.41. The molecule has 0 fully saturated rings. The molecule has 9 heteroatoms. The number of alkyl halides is 3. The Labute approximate surface area is 116 Å². The predicted octanol–water partition coefficient (Wildman–Crippen LogP) is 1.94. The fourth-order valence-corrected chi connectivity index (χ4v) is 1.48. The largest absolute Gasteiger partial charge is 0.418 e. The summed E-state index contributed by atoms with van der Waals surface area (Å²) >= 11 is 5.59. The molecule has 0 bridgehead atoms. The van der Waals surface area contributed by atoms with E-state index in [1.807, 2.05) is 5.32 Å². The summed E-state index contributed by atoms with van der Waals surface area (Å²) in [5.41, 5.74) is -1.88. The Balaban J connectivity index is 3.01. The second-order valence-electron chi connectivity index (χ2n) is 3.46. The number of rotatable bonds is 2. The number of nitriles is 1. The van der Waals surface area contributed by atoms with Crippen LogP contribution in [-0.4, -0.2) is 18.4 Å². The molecule has 1 aromatic rings. The molecule has 1 rings (SSSR count). The number of halogens is 4. The highest BCUT2D eigenvalue weighted by Crippen LogP contribution is 2.38. The van der Waals surface area contributed by atoms with E-state index in [2.05, 4.69) is 0 Å². The van der Waals surface area contributed by atoms with E-state index in [4.69, 9.17) is 16.9 Å². The summed E-state index contributed by atoms with van der Waals surface area (Å²) < 4.78 is 38.2. The number of hydrogen-bond acceptors (Lipinski definition) is 3. The minimum Gasteiger partial charge on any atom is -0.335 e. The van der Waals surface area contributed by atoms with Crippen LogP contribution in [0.1, 0.15) is 5.56 Å². The van der Waals surface area contributed by atoms with Gasteiger partial charge in [0, 0.05) is 0 Å². The average molecular weight is 306 g/mol. The standard InChI is InChI=1S/C11H7ClF3N3O2/c12-7-3-1-2-6(11(13,14)15)8(7)18-10(20)9(19)17-5-4-16/h1-3H,5H2,(H,17,19)(H,18,20). The van der Waals surface area contributed by atoms with Gasteiger partial charge in [0.15, 0.2) is 0 Å². The minimum absolute atomic E-state index is 0.360. The van der Waals surface area contributed by atoms with Crippen LogP contribution in [0, 0.1) is 11.3 Å². The number of hydrogen-bond donors (Lipinski definition) is 2. The van der Waals surface area contributed by atoms with Crippen LogP contribution in [0.3, 0.4) is 0 Å². The molecule has 0 unspecified atom stereocenters. The van der Waals surface area contributed by atoms with Crippen LogP contribution in [0.5, 0.6) is 0 Å². The zero-order valence-corrected chi connectivity index (χ0v) is 10.5. The zero-order valence-electron chi connectivity index (χ0n) is 9.71. The molecule has 1 aromatic carbocycles. The number of amides is 2. The quantitative estimate of drug-likeness (QED) is 0.647. The van der Waals surface area contributed by atoms with Gasteiger partial charge in [-0.3, -0.25) is 9.59 Å². The zero-order chi connectivity index (χ0) is 15.3.